The van der Waals surface area contributed by atoms with Gasteiger partial charge in [0.15, 0.2) is 0 Å². The Morgan fingerprint density at radius 1 is 1.65 bits per heavy atom. The summed E-state index contributed by atoms with van der Waals surface area (Å²) in [5, 5.41) is 3.37. The second kappa shape index (κ2) is 7.45. The SMILES string of the molecule is C=CCN(CCOC)C(=O)C1CCNC(C)C1. The molecule has 0 aromatic carbocycles. The summed E-state index contributed by atoms with van der Waals surface area (Å²) >= 11 is 0. The molecule has 1 heterocycles. The quantitative estimate of drug-likeness (QED) is 0.705. The number of hydrogen-bond acceptors (Lipinski definition) is 3. The number of ether oxygens (including phenoxy) is 1. The second-order valence-electron chi connectivity index (χ2n) is 4.64. The molecule has 1 aliphatic heterocycles. The molecule has 2 atom stereocenters. The van der Waals surface area contributed by atoms with Crippen LogP contribution in [0.2, 0.25) is 0 Å². The lowest BCUT2D eigenvalue weighted by molar-refractivity contribution is -0.136. The molecule has 0 aliphatic carbocycles. The van der Waals surface area contributed by atoms with Crippen molar-refractivity contribution in [1.29, 1.82) is 0 Å². The van der Waals surface area contributed by atoms with Gasteiger partial charge in [0, 0.05) is 32.2 Å². The van der Waals surface area contributed by atoms with Gasteiger partial charge in [-0.05, 0) is 26.3 Å². The highest BCUT2D eigenvalue weighted by Crippen LogP contribution is 2.18. The number of carbonyl (C=O) groups is 1. The number of methoxy groups -OCH3 is 1. The number of hydrogen-bond donors (Lipinski definition) is 1. The van der Waals surface area contributed by atoms with E-state index in [9.17, 15) is 4.79 Å². The Labute approximate surface area is 104 Å². The molecular weight excluding hydrogens is 216 g/mol. The highest BCUT2D eigenvalue weighted by molar-refractivity contribution is 5.79. The lowest BCUT2D eigenvalue weighted by atomic mass is 9.92. The van der Waals surface area contributed by atoms with Crippen LogP contribution in [0.5, 0.6) is 0 Å². The molecule has 1 aliphatic rings. The van der Waals surface area contributed by atoms with Crippen molar-refractivity contribution in [2.75, 3.05) is 33.4 Å². The molecule has 0 aromatic rings. The lowest BCUT2D eigenvalue weighted by Gasteiger charge is -2.31. The van der Waals surface area contributed by atoms with E-state index in [2.05, 4.69) is 18.8 Å². The molecule has 1 saturated heterocycles. The minimum Gasteiger partial charge on any atom is -0.383 e. The van der Waals surface area contributed by atoms with Crippen LogP contribution in [-0.2, 0) is 9.53 Å². The maximum absolute atomic E-state index is 12.3. The van der Waals surface area contributed by atoms with Crippen LogP contribution in [0.4, 0.5) is 0 Å². The fourth-order valence-electron chi connectivity index (χ4n) is 2.26. The van der Waals surface area contributed by atoms with E-state index < -0.39 is 0 Å². The van der Waals surface area contributed by atoms with Crippen molar-refractivity contribution >= 4 is 5.91 Å². The van der Waals surface area contributed by atoms with Gasteiger partial charge >= 0.3 is 0 Å². The summed E-state index contributed by atoms with van der Waals surface area (Å²) in [7, 11) is 1.66. The summed E-state index contributed by atoms with van der Waals surface area (Å²) in [6.07, 6.45) is 3.64. The average molecular weight is 240 g/mol. The van der Waals surface area contributed by atoms with Crippen molar-refractivity contribution < 1.29 is 9.53 Å². The minimum absolute atomic E-state index is 0.156. The van der Waals surface area contributed by atoms with Gasteiger partial charge in [-0.2, -0.15) is 0 Å². The van der Waals surface area contributed by atoms with Crippen LogP contribution in [0.25, 0.3) is 0 Å². The first kappa shape index (κ1) is 14.2. The van der Waals surface area contributed by atoms with Crippen molar-refractivity contribution in [1.82, 2.24) is 10.2 Å². The van der Waals surface area contributed by atoms with Crippen molar-refractivity contribution in [3.8, 4) is 0 Å². The van der Waals surface area contributed by atoms with Crippen molar-refractivity contribution in [3.63, 3.8) is 0 Å². The van der Waals surface area contributed by atoms with Gasteiger partial charge in [0.2, 0.25) is 5.91 Å². The minimum atomic E-state index is 0.156. The van der Waals surface area contributed by atoms with E-state index in [1.54, 1.807) is 13.2 Å². The molecule has 0 bridgehead atoms. The van der Waals surface area contributed by atoms with E-state index in [0.717, 1.165) is 19.4 Å². The zero-order chi connectivity index (χ0) is 12.7. The standard InChI is InChI=1S/C13H24N2O2/c1-4-7-15(8-9-17-3)13(16)12-5-6-14-11(2)10-12/h4,11-12,14H,1,5-10H2,2-3H3. The molecular formula is C13H24N2O2. The zero-order valence-electron chi connectivity index (χ0n) is 10.9. The molecule has 1 rings (SSSR count). The van der Waals surface area contributed by atoms with E-state index in [0.29, 0.717) is 25.7 Å². The summed E-state index contributed by atoms with van der Waals surface area (Å²) < 4.78 is 5.04. The molecule has 1 fully saturated rings. The third-order valence-corrected chi connectivity index (χ3v) is 3.20. The van der Waals surface area contributed by atoms with Gasteiger partial charge < -0.3 is 15.0 Å². The third-order valence-electron chi connectivity index (χ3n) is 3.20. The number of nitrogens with zero attached hydrogens (tertiary/aromatic N) is 1. The number of rotatable bonds is 6. The zero-order valence-corrected chi connectivity index (χ0v) is 10.9. The van der Waals surface area contributed by atoms with Gasteiger partial charge in [-0.1, -0.05) is 6.08 Å². The summed E-state index contributed by atoms with van der Waals surface area (Å²) in [5.41, 5.74) is 0. The van der Waals surface area contributed by atoms with Crippen LogP contribution in [0, 0.1) is 5.92 Å². The number of nitrogens with one attached hydrogen (secondary N) is 1. The van der Waals surface area contributed by atoms with Gasteiger partial charge in [-0.3, -0.25) is 4.79 Å². The first-order chi connectivity index (χ1) is 8.19. The predicted molar refractivity (Wildman–Crippen MR) is 68.8 cm³/mol. The van der Waals surface area contributed by atoms with Crippen LogP contribution in [0.3, 0.4) is 0 Å². The summed E-state index contributed by atoms with van der Waals surface area (Å²) in [6.45, 7) is 8.62. The highest BCUT2D eigenvalue weighted by Gasteiger charge is 2.27. The van der Waals surface area contributed by atoms with E-state index in [-0.39, 0.29) is 11.8 Å². The van der Waals surface area contributed by atoms with Crippen molar-refractivity contribution in [3.05, 3.63) is 12.7 Å². The summed E-state index contributed by atoms with van der Waals surface area (Å²) in [4.78, 5) is 14.2. The van der Waals surface area contributed by atoms with Gasteiger partial charge in [0.05, 0.1) is 6.61 Å². The number of piperidine rings is 1. The number of carbonyl (C=O) groups excluding carboxylic acids is 1. The Bertz CT molecular complexity index is 256. The summed E-state index contributed by atoms with van der Waals surface area (Å²) in [6, 6.07) is 0.436. The Kier molecular flexibility index (Phi) is 6.22. The molecule has 2 unspecified atom stereocenters. The lowest BCUT2D eigenvalue weighted by Crippen LogP contribution is -2.45. The molecule has 0 saturated carbocycles. The first-order valence-electron chi connectivity index (χ1n) is 6.31. The Morgan fingerprint density at radius 3 is 3.00 bits per heavy atom. The Hall–Kier alpha value is -0.870. The maximum atomic E-state index is 12.3. The van der Waals surface area contributed by atoms with Crippen molar-refractivity contribution in [2.45, 2.75) is 25.8 Å². The van der Waals surface area contributed by atoms with Crippen LogP contribution in [0.15, 0.2) is 12.7 Å². The monoisotopic (exact) mass is 240 g/mol. The Morgan fingerprint density at radius 2 is 2.41 bits per heavy atom. The molecule has 0 radical (unpaired) electrons. The van der Waals surface area contributed by atoms with Crippen LogP contribution in [-0.4, -0.2) is 50.2 Å². The van der Waals surface area contributed by atoms with Gasteiger partial charge in [-0.15, -0.1) is 6.58 Å². The second-order valence-corrected chi connectivity index (χ2v) is 4.64. The fourth-order valence-corrected chi connectivity index (χ4v) is 2.26. The molecule has 0 aromatic heterocycles. The van der Waals surface area contributed by atoms with Crippen LogP contribution >= 0.6 is 0 Å². The molecule has 17 heavy (non-hydrogen) atoms. The molecule has 1 N–H and O–H groups in total. The molecule has 4 nitrogen and oxygen atoms in total. The van der Waals surface area contributed by atoms with E-state index in [4.69, 9.17) is 4.74 Å². The molecule has 98 valence electrons. The smallest absolute Gasteiger partial charge is 0.226 e. The van der Waals surface area contributed by atoms with Gasteiger partial charge in [0.1, 0.15) is 0 Å². The van der Waals surface area contributed by atoms with E-state index >= 15 is 0 Å². The first-order valence-corrected chi connectivity index (χ1v) is 6.31. The number of amides is 1. The van der Waals surface area contributed by atoms with E-state index in [1.807, 2.05) is 4.90 Å². The predicted octanol–water partition coefficient (Wildman–Crippen LogP) is 1.04. The third kappa shape index (κ3) is 4.48. The largest absolute Gasteiger partial charge is 0.383 e. The Balaban J connectivity index is 2.52. The van der Waals surface area contributed by atoms with Gasteiger partial charge in [0.25, 0.3) is 0 Å². The molecule has 4 heteroatoms. The highest BCUT2D eigenvalue weighted by atomic mass is 16.5. The topological polar surface area (TPSA) is 41.6 Å². The maximum Gasteiger partial charge on any atom is 0.226 e. The summed E-state index contributed by atoms with van der Waals surface area (Å²) in [5.74, 6) is 0.401. The average Bonchev–Trinajstić information content (AvgIpc) is 2.33. The van der Waals surface area contributed by atoms with Gasteiger partial charge in [-0.25, -0.2) is 0 Å². The van der Waals surface area contributed by atoms with Crippen LogP contribution in [0.1, 0.15) is 19.8 Å². The van der Waals surface area contributed by atoms with E-state index in [1.165, 1.54) is 0 Å². The molecule has 1 amide bonds. The van der Waals surface area contributed by atoms with Crippen molar-refractivity contribution in [2.24, 2.45) is 5.92 Å². The van der Waals surface area contributed by atoms with Crippen LogP contribution < -0.4 is 5.32 Å². The molecule has 0 spiro atoms. The normalized spacial score (nSPS) is 24.4. The fraction of sp³-hybridized carbons (Fsp3) is 0.769.